The fraction of sp³-hybridized carbons (Fsp3) is 0.667. The van der Waals surface area contributed by atoms with Gasteiger partial charge in [-0.1, -0.05) is 0 Å². The van der Waals surface area contributed by atoms with Gasteiger partial charge in [-0.05, 0) is 0 Å². The van der Waals surface area contributed by atoms with Crippen LogP contribution in [0.4, 0.5) is 4.79 Å². The van der Waals surface area contributed by atoms with Gasteiger partial charge in [-0.2, -0.15) is 0 Å². The minimum Gasteiger partial charge on any atom is -0.338 e. The molecule has 2 heterocycles. The van der Waals surface area contributed by atoms with Crippen molar-refractivity contribution in [1.82, 2.24) is 20.9 Å². The maximum Gasteiger partial charge on any atom is 0.322 e. The maximum absolute atomic E-state index is 11.9. The van der Waals surface area contributed by atoms with Gasteiger partial charge < -0.3 is 15.5 Å². The molecule has 2 rings (SSSR count). The summed E-state index contributed by atoms with van der Waals surface area (Å²) in [6.45, 7) is 2.73. The number of carbonyl (C=O) groups excluding carboxylic acids is 3. The average Bonchev–Trinajstić information content (AvgIpc) is 2.28. The van der Waals surface area contributed by atoms with E-state index in [2.05, 4.69) is 16.0 Å². The van der Waals surface area contributed by atoms with Gasteiger partial charge in [0.05, 0.1) is 6.42 Å². The Balaban J connectivity index is 0.00000144. The first kappa shape index (κ1) is 13.7. The predicted octanol–water partition coefficient (Wildman–Crippen LogP) is -1.56. The Labute approximate surface area is 105 Å². The highest BCUT2D eigenvalue weighted by Gasteiger charge is 2.32. The van der Waals surface area contributed by atoms with Crippen LogP contribution in [-0.4, -0.2) is 55.0 Å². The van der Waals surface area contributed by atoms with Crippen molar-refractivity contribution in [3.8, 4) is 0 Å². The van der Waals surface area contributed by atoms with Crippen LogP contribution in [0, 0.1) is 0 Å². The molecule has 3 N–H and O–H groups in total. The summed E-state index contributed by atoms with van der Waals surface area (Å²) in [6.07, 6.45) is 0.0223. The number of halogens is 1. The molecule has 0 bridgehead atoms. The number of urea groups is 1. The van der Waals surface area contributed by atoms with Crippen LogP contribution >= 0.6 is 12.4 Å². The molecule has 0 radical (unpaired) electrons. The molecule has 2 fully saturated rings. The van der Waals surface area contributed by atoms with Crippen molar-refractivity contribution >= 4 is 30.3 Å². The zero-order valence-electron chi connectivity index (χ0n) is 9.19. The van der Waals surface area contributed by atoms with Crippen molar-refractivity contribution in [1.29, 1.82) is 0 Å². The zero-order chi connectivity index (χ0) is 11.5. The Hall–Kier alpha value is -1.34. The molecule has 0 spiro atoms. The fourth-order valence-electron chi connectivity index (χ4n) is 1.86. The molecular weight excluding hydrogens is 248 g/mol. The number of hydrogen-bond acceptors (Lipinski definition) is 4. The molecule has 0 aromatic rings. The predicted molar refractivity (Wildman–Crippen MR) is 61.8 cm³/mol. The van der Waals surface area contributed by atoms with E-state index in [4.69, 9.17) is 0 Å². The first-order valence-electron chi connectivity index (χ1n) is 5.26. The average molecular weight is 263 g/mol. The van der Waals surface area contributed by atoms with E-state index in [1.54, 1.807) is 4.90 Å². The minimum absolute atomic E-state index is 0. The molecular formula is C9H15ClN4O3. The van der Waals surface area contributed by atoms with E-state index in [1.165, 1.54) is 0 Å². The highest BCUT2D eigenvalue weighted by atomic mass is 35.5. The van der Waals surface area contributed by atoms with Crippen molar-refractivity contribution in [2.75, 3.05) is 26.2 Å². The summed E-state index contributed by atoms with van der Waals surface area (Å²) in [5.41, 5.74) is 0. The standard InChI is InChI=1S/C9H14N4O3.ClH/c14-7-5-6(11-9(16)12-7)8(15)13-3-1-10-2-4-13;/h6,10H,1-5H2,(H2,11,12,14,16);1H. The van der Waals surface area contributed by atoms with E-state index >= 15 is 0 Å². The van der Waals surface area contributed by atoms with Crippen molar-refractivity contribution in [3.05, 3.63) is 0 Å². The molecule has 7 nitrogen and oxygen atoms in total. The summed E-state index contributed by atoms with van der Waals surface area (Å²) in [6, 6.07) is -1.30. The van der Waals surface area contributed by atoms with Crippen LogP contribution in [0.2, 0.25) is 0 Å². The number of piperazine rings is 1. The Morgan fingerprint density at radius 3 is 2.47 bits per heavy atom. The lowest BCUT2D eigenvalue weighted by Crippen LogP contribution is -2.60. The fourth-order valence-corrected chi connectivity index (χ4v) is 1.86. The van der Waals surface area contributed by atoms with Crippen molar-refractivity contribution in [2.24, 2.45) is 0 Å². The lowest BCUT2D eigenvalue weighted by atomic mass is 10.1. The van der Waals surface area contributed by atoms with E-state index in [0.717, 1.165) is 13.1 Å². The monoisotopic (exact) mass is 262 g/mol. The molecule has 8 heteroatoms. The van der Waals surface area contributed by atoms with Crippen molar-refractivity contribution < 1.29 is 14.4 Å². The molecule has 2 aliphatic rings. The van der Waals surface area contributed by atoms with Gasteiger partial charge in [-0.3, -0.25) is 14.9 Å². The van der Waals surface area contributed by atoms with Crippen LogP contribution in [-0.2, 0) is 9.59 Å². The van der Waals surface area contributed by atoms with E-state index in [1.807, 2.05) is 0 Å². The molecule has 0 saturated carbocycles. The van der Waals surface area contributed by atoms with Crippen LogP contribution < -0.4 is 16.0 Å². The summed E-state index contributed by atoms with van der Waals surface area (Å²) >= 11 is 0. The number of carbonyl (C=O) groups is 3. The van der Waals surface area contributed by atoms with Crippen LogP contribution in [0.15, 0.2) is 0 Å². The number of amides is 4. The number of imide groups is 1. The number of nitrogens with zero attached hydrogens (tertiary/aromatic N) is 1. The molecule has 96 valence electrons. The highest BCUT2D eigenvalue weighted by Crippen LogP contribution is 2.04. The van der Waals surface area contributed by atoms with Gasteiger partial charge in [0.1, 0.15) is 6.04 Å². The smallest absolute Gasteiger partial charge is 0.322 e. The molecule has 0 aromatic heterocycles. The summed E-state index contributed by atoms with van der Waals surface area (Å²) in [5, 5.41) is 7.69. The third kappa shape index (κ3) is 3.31. The molecule has 1 atom stereocenters. The first-order valence-corrected chi connectivity index (χ1v) is 5.26. The lowest BCUT2D eigenvalue weighted by molar-refractivity contribution is -0.136. The number of nitrogens with one attached hydrogen (secondary N) is 3. The summed E-state index contributed by atoms with van der Waals surface area (Å²) < 4.78 is 0. The van der Waals surface area contributed by atoms with Crippen LogP contribution in [0.1, 0.15) is 6.42 Å². The van der Waals surface area contributed by atoms with Crippen molar-refractivity contribution in [3.63, 3.8) is 0 Å². The van der Waals surface area contributed by atoms with Crippen LogP contribution in [0.5, 0.6) is 0 Å². The molecule has 4 amide bonds. The second kappa shape index (κ2) is 5.83. The van der Waals surface area contributed by atoms with Crippen LogP contribution in [0.3, 0.4) is 0 Å². The molecule has 17 heavy (non-hydrogen) atoms. The third-order valence-electron chi connectivity index (χ3n) is 2.67. The largest absolute Gasteiger partial charge is 0.338 e. The zero-order valence-corrected chi connectivity index (χ0v) is 10.0. The van der Waals surface area contributed by atoms with Crippen molar-refractivity contribution in [2.45, 2.75) is 12.5 Å². The van der Waals surface area contributed by atoms with E-state index in [9.17, 15) is 14.4 Å². The van der Waals surface area contributed by atoms with Gasteiger partial charge in [-0.15, -0.1) is 12.4 Å². The maximum atomic E-state index is 11.9. The Kier molecular flexibility index (Phi) is 4.71. The third-order valence-corrected chi connectivity index (χ3v) is 2.67. The van der Waals surface area contributed by atoms with Gasteiger partial charge in [0.15, 0.2) is 0 Å². The molecule has 2 aliphatic heterocycles. The van der Waals surface area contributed by atoms with E-state index in [-0.39, 0.29) is 24.7 Å². The second-order valence-corrected chi connectivity index (χ2v) is 3.85. The van der Waals surface area contributed by atoms with Crippen LogP contribution in [0.25, 0.3) is 0 Å². The Morgan fingerprint density at radius 2 is 1.88 bits per heavy atom. The SMILES string of the molecule is Cl.O=C1CC(C(=O)N2CCNCC2)NC(=O)N1. The molecule has 2 saturated heterocycles. The second-order valence-electron chi connectivity index (χ2n) is 3.85. The van der Waals surface area contributed by atoms with Gasteiger partial charge in [0.25, 0.3) is 0 Å². The lowest BCUT2D eigenvalue weighted by Gasteiger charge is -2.32. The normalized spacial score (nSPS) is 24.5. The highest BCUT2D eigenvalue weighted by molar-refractivity contribution is 6.02. The molecule has 0 aromatic carbocycles. The van der Waals surface area contributed by atoms with Gasteiger partial charge in [-0.25, -0.2) is 4.79 Å². The Morgan fingerprint density at radius 1 is 1.24 bits per heavy atom. The van der Waals surface area contributed by atoms with E-state index in [0.29, 0.717) is 13.1 Å². The molecule has 0 aliphatic carbocycles. The Bertz CT molecular complexity index is 314. The minimum atomic E-state index is -0.709. The van der Waals surface area contributed by atoms with E-state index < -0.39 is 18.0 Å². The summed E-state index contributed by atoms with van der Waals surface area (Å²) in [7, 11) is 0. The van der Waals surface area contributed by atoms with Gasteiger partial charge in [0.2, 0.25) is 11.8 Å². The molecule has 1 unspecified atom stereocenters. The summed E-state index contributed by atoms with van der Waals surface area (Å²) in [4.78, 5) is 35.8. The quantitative estimate of drug-likeness (QED) is 0.533. The summed E-state index contributed by atoms with van der Waals surface area (Å²) in [5.74, 6) is -0.582. The topological polar surface area (TPSA) is 90.5 Å². The number of hydrogen-bond donors (Lipinski definition) is 3. The van der Waals surface area contributed by atoms with Gasteiger partial charge >= 0.3 is 6.03 Å². The first-order chi connectivity index (χ1) is 7.66. The van der Waals surface area contributed by atoms with Gasteiger partial charge in [0, 0.05) is 26.2 Å². The number of rotatable bonds is 1.